The van der Waals surface area contributed by atoms with Crippen molar-refractivity contribution in [1.82, 2.24) is 0 Å². The Hall–Kier alpha value is -1.90. The van der Waals surface area contributed by atoms with Crippen LogP contribution in [0.15, 0.2) is 29.8 Å². The summed E-state index contributed by atoms with van der Waals surface area (Å²) < 4.78 is 5.08. The molecular weight excluding hydrogens is 204 g/mol. The Morgan fingerprint density at radius 1 is 1.31 bits per heavy atom. The molecule has 2 rings (SSSR count). The van der Waals surface area contributed by atoms with Gasteiger partial charge in [-0.05, 0) is 36.6 Å². The third-order valence-electron chi connectivity index (χ3n) is 2.79. The molecule has 0 aromatic heterocycles. The molecule has 16 heavy (non-hydrogen) atoms. The van der Waals surface area contributed by atoms with Gasteiger partial charge in [0, 0.05) is 11.1 Å². The Morgan fingerprint density at radius 2 is 2.12 bits per heavy atom. The van der Waals surface area contributed by atoms with E-state index in [9.17, 15) is 9.59 Å². The van der Waals surface area contributed by atoms with Crippen LogP contribution in [0.1, 0.15) is 22.3 Å². The lowest BCUT2D eigenvalue weighted by Crippen LogP contribution is -2.14. The first-order valence-corrected chi connectivity index (χ1v) is 5.12. The fourth-order valence-electron chi connectivity index (χ4n) is 1.91. The lowest BCUT2D eigenvalue weighted by molar-refractivity contribution is -0.104. The lowest BCUT2D eigenvalue weighted by atomic mass is 9.86. The number of methoxy groups -OCH3 is 1. The summed E-state index contributed by atoms with van der Waals surface area (Å²) in [7, 11) is 1.57. The summed E-state index contributed by atoms with van der Waals surface area (Å²) in [4.78, 5) is 22.4. The monoisotopic (exact) mass is 216 g/mol. The predicted octanol–water partition coefficient (Wildman–Crippen LogP) is 1.95. The van der Waals surface area contributed by atoms with E-state index in [0.717, 1.165) is 12.0 Å². The number of aryl methyl sites for hydroxylation is 1. The maximum atomic E-state index is 12.0. The first-order valence-electron chi connectivity index (χ1n) is 5.12. The number of allylic oxidation sites excluding steroid dienone is 2. The molecule has 0 saturated heterocycles. The number of hydrogen-bond donors (Lipinski definition) is 0. The van der Waals surface area contributed by atoms with Gasteiger partial charge in [-0.15, -0.1) is 0 Å². The largest absolute Gasteiger partial charge is 0.497 e. The van der Waals surface area contributed by atoms with Crippen molar-refractivity contribution < 1.29 is 14.3 Å². The highest BCUT2D eigenvalue weighted by atomic mass is 16.5. The molecule has 0 unspecified atom stereocenters. The van der Waals surface area contributed by atoms with Crippen LogP contribution in [0.25, 0.3) is 0 Å². The third kappa shape index (κ3) is 1.76. The zero-order chi connectivity index (χ0) is 11.5. The quantitative estimate of drug-likeness (QED) is 0.560. The van der Waals surface area contributed by atoms with Crippen LogP contribution < -0.4 is 4.74 Å². The second-order valence-electron chi connectivity index (χ2n) is 3.68. The van der Waals surface area contributed by atoms with Crippen molar-refractivity contribution in [2.75, 3.05) is 7.11 Å². The minimum atomic E-state index is -0.0627. The Balaban J connectivity index is 2.46. The van der Waals surface area contributed by atoms with E-state index in [2.05, 4.69) is 0 Å². The molecule has 1 aliphatic rings. The molecule has 0 bridgehead atoms. The number of carbonyl (C=O) groups is 2. The van der Waals surface area contributed by atoms with Crippen LogP contribution in [0.4, 0.5) is 0 Å². The molecule has 82 valence electrons. The number of Topliss-reactive ketones (excluding diaryl/α,β-unsaturated/α-hetero) is 1. The number of rotatable bonds is 2. The van der Waals surface area contributed by atoms with Gasteiger partial charge in [0.1, 0.15) is 12.0 Å². The summed E-state index contributed by atoms with van der Waals surface area (Å²) in [6, 6.07) is 5.49. The zero-order valence-electron chi connectivity index (χ0n) is 9.03. The Morgan fingerprint density at radius 3 is 2.81 bits per heavy atom. The summed E-state index contributed by atoms with van der Waals surface area (Å²) in [5, 5.41) is 0. The van der Waals surface area contributed by atoms with Gasteiger partial charge in [0.05, 0.1) is 7.11 Å². The van der Waals surface area contributed by atoms with Crippen molar-refractivity contribution >= 4 is 12.1 Å². The van der Waals surface area contributed by atoms with Crippen LogP contribution in [0.3, 0.4) is 0 Å². The predicted molar refractivity (Wildman–Crippen MR) is 59.8 cm³/mol. The second kappa shape index (κ2) is 4.31. The highest BCUT2D eigenvalue weighted by molar-refractivity contribution is 6.12. The summed E-state index contributed by atoms with van der Waals surface area (Å²) >= 11 is 0. The van der Waals surface area contributed by atoms with Crippen molar-refractivity contribution in [3.63, 3.8) is 0 Å². The molecule has 0 saturated carbocycles. The summed E-state index contributed by atoms with van der Waals surface area (Å²) in [5.74, 6) is 0.603. The Bertz CT molecular complexity index is 472. The van der Waals surface area contributed by atoms with Crippen molar-refractivity contribution in [2.24, 2.45) is 0 Å². The molecule has 1 aromatic carbocycles. The van der Waals surface area contributed by atoms with Gasteiger partial charge >= 0.3 is 0 Å². The van der Waals surface area contributed by atoms with Gasteiger partial charge in [0.2, 0.25) is 0 Å². The first kappa shape index (κ1) is 10.6. The highest BCUT2D eigenvalue weighted by Gasteiger charge is 2.21. The Labute approximate surface area is 93.7 Å². The number of aldehydes is 1. The van der Waals surface area contributed by atoms with Gasteiger partial charge in [0.15, 0.2) is 5.78 Å². The molecule has 0 amide bonds. The van der Waals surface area contributed by atoms with Crippen LogP contribution in [0, 0.1) is 0 Å². The van der Waals surface area contributed by atoms with E-state index in [-0.39, 0.29) is 5.78 Å². The number of fused-ring (bicyclic) bond motifs is 1. The average Bonchev–Trinajstić information content (AvgIpc) is 2.33. The summed E-state index contributed by atoms with van der Waals surface area (Å²) in [6.07, 6.45) is 3.45. The maximum absolute atomic E-state index is 12.0. The van der Waals surface area contributed by atoms with Crippen LogP contribution in [-0.2, 0) is 11.2 Å². The molecule has 0 spiro atoms. The van der Waals surface area contributed by atoms with Gasteiger partial charge in [-0.2, -0.15) is 0 Å². The standard InChI is InChI=1S/C13H12O3/c1-16-11-5-4-9-2-3-10(6-7-14)13(15)12(9)8-11/h4-8H,2-3H2,1H3/b10-6-. The lowest BCUT2D eigenvalue weighted by Gasteiger charge is -2.17. The molecule has 0 aliphatic heterocycles. The van der Waals surface area contributed by atoms with Crippen molar-refractivity contribution in [3.8, 4) is 5.75 Å². The van der Waals surface area contributed by atoms with E-state index in [1.807, 2.05) is 12.1 Å². The van der Waals surface area contributed by atoms with E-state index in [4.69, 9.17) is 4.74 Å². The van der Waals surface area contributed by atoms with Crippen molar-refractivity contribution in [2.45, 2.75) is 12.8 Å². The highest BCUT2D eigenvalue weighted by Crippen LogP contribution is 2.27. The summed E-state index contributed by atoms with van der Waals surface area (Å²) in [6.45, 7) is 0. The molecule has 3 heteroatoms. The van der Waals surface area contributed by atoms with E-state index < -0.39 is 0 Å². The molecular formula is C13H12O3. The van der Waals surface area contributed by atoms with Crippen LogP contribution in [-0.4, -0.2) is 19.2 Å². The number of ketones is 1. The fourth-order valence-corrected chi connectivity index (χ4v) is 1.91. The van der Waals surface area contributed by atoms with Crippen LogP contribution >= 0.6 is 0 Å². The molecule has 1 aromatic rings. The smallest absolute Gasteiger partial charge is 0.189 e. The molecule has 3 nitrogen and oxygen atoms in total. The minimum absolute atomic E-state index is 0.0627. The van der Waals surface area contributed by atoms with E-state index in [1.54, 1.807) is 13.2 Å². The molecule has 0 radical (unpaired) electrons. The van der Waals surface area contributed by atoms with Crippen LogP contribution in [0.5, 0.6) is 5.75 Å². The van der Waals surface area contributed by atoms with Gasteiger partial charge < -0.3 is 4.74 Å². The molecule has 0 fully saturated rings. The maximum Gasteiger partial charge on any atom is 0.189 e. The average molecular weight is 216 g/mol. The van der Waals surface area contributed by atoms with E-state index in [1.165, 1.54) is 6.08 Å². The zero-order valence-corrected chi connectivity index (χ0v) is 9.03. The molecule has 0 heterocycles. The van der Waals surface area contributed by atoms with E-state index >= 15 is 0 Å². The molecule has 0 N–H and O–H groups in total. The number of ether oxygens (including phenoxy) is 1. The number of benzene rings is 1. The first-order chi connectivity index (χ1) is 7.76. The summed E-state index contributed by atoms with van der Waals surface area (Å²) in [5.41, 5.74) is 2.25. The molecule has 1 aliphatic carbocycles. The van der Waals surface area contributed by atoms with Gasteiger partial charge in [0.25, 0.3) is 0 Å². The van der Waals surface area contributed by atoms with Crippen molar-refractivity contribution in [3.05, 3.63) is 41.0 Å². The minimum Gasteiger partial charge on any atom is -0.497 e. The van der Waals surface area contributed by atoms with Crippen LogP contribution in [0.2, 0.25) is 0 Å². The Kier molecular flexibility index (Phi) is 2.86. The second-order valence-corrected chi connectivity index (χ2v) is 3.68. The SMILES string of the molecule is COc1ccc2c(c1)C(=O)/C(=C\C=O)CC2. The normalized spacial score (nSPS) is 17.1. The third-order valence-corrected chi connectivity index (χ3v) is 2.79. The van der Waals surface area contributed by atoms with Crippen molar-refractivity contribution in [1.29, 1.82) is 0 Å². The number of hydrogen-bond acceptors (Lipinski definition) is 3. The fraction of sp³-hybridized carbons (Fsp3) is 0.231. The van der Waals surface area contributed by atoms with Gasteiger partial charge in [-0.1, -0.05) is 6.07 Å². The van der Waals surface area contributed by atoms with Gasteiger partial charge in [-0.3, -0.25) is 9.59 Å². The van der Waals surface area contributed by atoms with Gasteiger partial charge in [-0.25, -0.2) is 0 Å². The topological polar surface area (TPSA) is 43.4 Å². The molecule has 0 atom stereocenters. The number of carbonyl (C=O) groups excluding carboxylic acids is 2. The van der Waals surface area contributed by atoms with E-state index in [0.29, 0.717) is 29.6 Å².